The third-order valence-corrected chi connectivity index (χ3v) is 2.05. The summed E-state index contributed by atoms with van der Waals surface area (Å²) in [7, 11) is 0. The minimum atomic E-state index is 0.250. The zero-order valence-corrected chi connectivity index (χ0v) is 8.08. The van der Waals surface area contributed by atoms with Crippen molar-refractivity contribution in [1.29, 1.82) is 0 Å². The van der Waals surface area contributed by atoms with Crippen LogP contribution in [0.3, 0.4) is 0 Å². The summed E-state index contributed by atoms with van der Waals surface area (Å²) in [4.78, 5) is 10.4. The average Bonchev–Trinajstić information content (AvgIpc) is 2.68. The Hall–Kier alpha value is -2.04. The molecule has 76 valence electrons. The Labute approximate surface area is 86.7 Å². The molecule has 2 rings (SSSR count). The second-order valence-electron chi connectivity index (χ2n) is 3.11. The summed E-state index contributed by atoms with van der Waals surface area (Å²) in [5, 5.41) is 11.1. The van der Waals surface area contributed by atoms with E-state index in [1.807, 2.05) is 30.3 Å². The third kappa shape index (κ3) is 2.25. The first-order chi connectivity index (χ1) is 7.40. The molecule has 0 fully saturated rings. The quantitative estimate of drug-likeness (QED) is 0.676. The molecule has 2 aromatic rings. The fraction of sp³-hybridized carbons (Fsp3) is 0.200. The number of carbonyl (C=O) groups excluding carboxylic acids is 1. The van der Waals surface area contributed by atoms with Gasteiger partial charge in [-0.3, -0.25) is 0 Å². The van der Waals surface area contributed by atoms with E-state index in [4.69, 9.17) is 0 Å². The lowest BCUT2D eigenvalue weighted by Gasteiger charge is -2.01. The van der Waals surface area contributed by atoms with Crippen LogP contribution in [0.15, 0.2) is 30.3 Å². The van der Waals surface area contributed by atoms with Crippen molar-refractivity contribution in [2.75, 3.05) is 0 Å². The molecule has 0 amide bonds. The van der Waals surface area contributed by atoms with Gasteiger partial charge in [0.1, 0.15) is 6.29 Å². The second-order valence-corrected chi connectivity index (χ2v) is 3.11. The van der Waals surface area contributed by atoms with Crippen molar-refractivity contribution in [3.63, 3.8) is 0 Å². The molecule has 0 radical (unpaired) electrons. The van der Waals surface area contributed by atoms with Gasteiger partial charge in [0.25, 0.3) is 0 Å². The standard InChI is InChI=1S/C10H10N4O/c15-7-6-10-11-12-13-14(10)8-9-4-2-1-3-5-9/h1-5,7H,6,8H2. The first-order valence-electron chi connectivity index (χ1n) is 4.63. The number of benzene rings is 1. The molecule has 0 unspecified atom stereocenters. The van der Waals surface area contributed by atoms with Crippen molar-refractivity contribution < 1.29 is 4.79 Å². The summed E-state index contributed by atoms with van der Waals surface area (Å²) in [6, 6.07) is 9.85. The highest BCUT2D eigenvalue weighted by atomic mass is 16.1. The van der Waals surface area contributed by atoms with E-state index >= 15 is 0 Å². The van der Waals surface area contributed by atoms with Gasteiger partial charge in [-0.2, -0.15) is 0 Å². The zero-order valence-electron chi connectivity index (χ0n) is 8.08. The summed E-state index contributed by atoms with van der Waals surface area (Å²) < 4.78 is 1.63. The van der Waals surface area contributed by atoms with Gasteiger partial charge in [-0.1, -0.05) is 30.3 Å². The smallest absolute Gasteiger partial charge is 0.158 e. The summed E-state index contributed by atoms with van der Waals surface area (Å²) in [5.74, 6) is 0.592. The lowest BCUT2D eigenvalue weighted by Crippen LogP contribution is -2.07. The van der Waals surface area contributed by atoms with Crippen molar-refractivity contribution in [1.82, 2.24) is 20.2 Å². The molecule has 0 saturated heterocycles. The number of hydrogen-bond donors (Lipinski definition) is 0. The molecule has 1 aromatic heterocycles. The van der Waals surface area contributed by atoms with Crippen LogP contribution >= 0.6 is 0 Å². The van der Waals surface area contributed by atoms with E-state index in [0.29, 0.717) is 12.4 Å². The molecule has 0 aliphatic carbocycles. The third-order valence-electron chi connectivity index (χ3n) is 2.05. The summed E-state index contributed by atoms with van der Waals surface area (Å²) in [5.41, 5.74) is 1.11. The van der Waals surface area contributed by atoms with Crippen molar-refractivity contribution in [3.8, 4) is 0 Å². The normalized spacial score (nSPS) is 10.1. The second kappa shape index (κ2) is 4.45. The van der Waals surface area contributed by atoms with Gasteiger partial charge in [0.15, 0.2) is 5.82 Å². The van der Waals surface area contributed by atoms with E-state index in [0.717, 1.165) is 11.8 Å². The van der Waals surface area contributed by atoms with E-state index in [1.165, 1.54) is 0 Å². The van der Waals surface area contributed by atoms with Gasteiger partial charge in [0.05, 0.1) is 13.0 Å². The van der Waals surface area contributed by atoms with Crippen molar-refractivity contribution in [3.05, 3.63) is 41.7 Å². The fourth-order valence-corrected chi connectivity index (χ4v) is 1.32. The van der Waals surface area contributed by atoms with E-state index < -0.39 is 0 Å². The maximum Gasteiger partial charge on any atom is 0.158 e. The predicted octanol–water partition coefficient (Wildman–Crippen LogP) is 0.463. The van der Waals surface area contributed by atoms with Gasteiger partial charge in [-0.05, 0) is 16.0 Å². The Morgan fingerprint density at radius 3 is 2.80 bits per heavy atom. The monoisotopic (exact) mass is 202 g/mol. The Balaban J connectivity index is 2.17. The predicted molar refractivity (Wildman–Crippen MR) is 53.1 cm³/mol. The lowest BCUT2D eigenvalue weighted by molar-refractivity contribution is -0.107. The molecule has 0 aliphatic rings. The summed E-state index contributed by atoms with van der Waals surface area (Å²) in [6.45, 7) is 0.594. The van der Waals surface area contributed by atoms with Crippen LogP contribution in [0.2, 0.25) is 0 Å². The van der Waals surface area contributed by atoms with E-state index in [9.17, 15) is 4.79 Å². The van der Waals surface area contributed by atoms with Crippen LogP contribution < -0.4 is 0 Å². The first-order valence-corrected chi connectivity index (χ1v) is 4.63. The lowest BCUT2D eigenvalue weighted by atomic mass is 10.2. The van der Waals surface area contributed by atoms with Crippen molar-refractivity contribution >= 4 is 6.29 Å². The van der Waals surface area contributed by atoms with Gasteiger partial charge < -0.3 is 4.79 Å². The molecule has 5 heteroatoms. The molecule has 5 nitrogen and oxygen atoms in total. The fourth-order valence-electron chi connectivity index (χ4n) is 1.32. The van der Waals surface area contributed by atoms with E-state index in [2.05, 4.69) is 15.5 Å². The maximum absolute atomic E-state index is 10.4. The molecule has 0 aliphatic heterocycles. The number of tetrazole rings is 1. The van der Waals surface area contributed by atoms with E-state index in [1.54, 1.807) is 4.68 Å². The van der Waals surface area contributed by atoms with Gasteiger partial charge in [0, 0.05) is 0 Å². The van der Waals surface area contributed by atoms with Gasteiger partial charge in [0.2, 0.25) is 0 Å². The highest BCUT2D eigenvalue weighted by molar-refractivity contribution is 5.52. The SMILES string of the molecule is O=CCc1nnnn1Cc1ccccc1. The molecule has 1 aromatic carbocycles. The van der Waals surface area contributed by atoms with Crippen molar-refractivity contribution in [2.24, 2.45) is 0 Å². The van der Waals surface area contributed by atoms with Crippen molar-refractivity contribution in [2.45, 2.75) is 13.0 Å². The number of aromatic nitrogens is 4. The molecular formula is C10H10N4O. The van der Waals surface area contributed by atoms with Crippen LogP contribution in [-0.2, 0) is 17.8 Å². The van der Waals surface area contributed by atoms with Gasteiger partial charge >= 0.3 is 0 Å². The maximum atomic E-state index is 10.4. The van der Waals surface area contributed by atoms with Crippen LogP contribution in [-0.4, -0.2) is 26.5 Å². The average molecular weight is 202 g/mol. The highest BCUT2D eigenvalue weighted by Crippen LogP contribution is 2.02. The number of carbonyl (C=O) groups is 1. The molecule has 0 saturated carbocycles. The Morgan fingerprint density at radius 1 is 1.27 bits per heavy atom. The molecule has 0 N–H and O–H groups in total. The Kier molecular flexibility index (Phi) is 2.82. The van der Waals surface area contributed by atoms with Gasteiger partial charge in [-0.25, -0.2) is 4.68 Å². The molecular weight excluding hydrogens is 192 g/mol. The summed E-state index contributed by atoms with van der Waals surface area (Å²) >= 11 is 0. The van der Waals surface area contributed by atoms with Crippen LogP contribution in [0.25, 0.3) is 0 Å². The molecule has 0 spiro atoms. The Morgan fingerprint density at radius 2 is 2.07 bits per heavy atom. The summed E-state index contributed by atoms with van der Waals surface area (Å²) in [6.07, 6.45) is 1.05. The molecule has 15 heavy (non-hydrogen) atoms. The topological polar surface area (TPSA) is 60.7 Å². The minimum Gasteiger partial charge on any atom is -0.303 e. The highest BCUT2D eigenvalue weighted by Gasteiger charge is 2.04. The minimum absolute atomic E-state index is 0.250. The molecule has 0 bridgehead atoms. The zero-order chi connectivity index (χ0) is 10.5. The van der Waals surface area contributed by atoms with Crippen LogP contribution in [0.5, 0.6) is 0 Å². The van der Waals surface area contributed by atoms with Crippen LogP contribution in [0, 0.1) is 0 Å². The molecule has 0 atom stereocenters. The number of rotatable bonds is 4. The van der Waals surface area contributed by atoms with Crippen LogP contribution in [0.1, 0.15) is 11.4 Å². The Bertz CT molecular complexity index is 438. The van der Waals surface area contributed by atoms with E-state index in [-0.39, 0.29) is 6.42 Å². The van der Waals surface area contributed by atoms with Crippen LogP contribution in [0.4, 0.5) is 0 Å². The molecule has 1 heterocycles. The largest absolute Gasteiger partial charge is 0.303 e. The number of hydrogen-bond acceptors (Lipinski definition) is 4. The number of aldehydes is 1. The first kappa shape index (κ1) is 9.51. The van der Waals surface area contributed by atoms with Gasteiger partial charge in [-0.15, -0.1) is 5.10 Å². The number of nitrogens with zero attached hydrogens (tertiary/aromatic N) is 4.